The minimum absolute atomic E-state index is 0.0854. The molecule has 0 bridgehead atoms. The van der Waals surface area contributed by atoms with Crippen LogP contribution >= 0.6 is 0 Å². The number of carbonyl (C=O) groups excluding carboxylic acids is 1. The van der Waals surface area contributed by atoms with Gasteiger partial charge in [-0.05, 0) is 60.2 Å². The number of aromatic amines is 2. The molecule has 0 atom stereocenters. The second-order valence-electron chi connectivity index (χ2n) is 9.99. The van der Waals surface area contributed by atoms with Crippen LogP contribution in [-0.2, 0) is 11.3 Å². The number of nitrogens with zero attached hydrogens (tertiary/aromatic N) is 3. The van der Waals surface area contributed by atoms with Crippen LogP contribution in [0.25, 0.3) is 44.2 Å². The molecule has 0 radical (unpaired) electrons. The van der Waals surface area contributed by atoms with Crippen LogP contribution in [0.3, 0.4) is 0 Å². The Morgan fingerprint density at radius 3 is 2.51 bits per heavy atom. The number of aromatic nitrogens is 3. The molecule has 0 saturated carbocycles. The third-order valence-electron chi connectivity index (χ3n) is 7.06. The van der Waals surface area contributed by atoms with Crippen molar-refractivity contribution in [1.29, 1.82) is 0 Å². The molecule has 6 rings (SSSR count). The van der Waals surface area contributed by atoms with Crippen molar-refractivity contribution in [1.82, 2.24) is 24.8 Å². The number of ether oxygens (including phenoxy) is 1. The van der Waals surface area contributed by atoms with Gasteiger partial charge in [-0.15, -0.1) is 0 Å². The van der Waals surface area contributed by atoms with E-state index in [9.17, 15) is 4.79 Å². The Bertz CT molecular complexity index is 1540. The molecule has 188 valence electrons. The number of amides is 1. The first kappa shape index (κ1) is 23.3. The first-order chi connectivity index (χ1) is 18.0. The molecule has 1 fully saturated rings. The number of carbonyl (C=O) groups is 1. The minimum atomic E-state index is -0.208. The van der Waals surface area contributed by atoms with Crippen molar-refractivity contribution >= 4 is 28.0 Å². The quantitative estimate of drug-likeness (QED) is 0.313. The van der Waals surface area contributed by atoms with Crippen molar-refractivity contribution in [2.75, 3.05) is 26.2 Å². The molecular weight excluding hydrogens is 462 g/mol. The standard InChI is InChI=1S/C30H31N5O2/c1-20(2)37-30(36)35-13-11-34(12-14-35)19-21-3-5-22(6-4-21)25-16-26-27(18-33-29(26)32-17-25)23-7-8-28-24(15-23)9-10-31-28/h3-10,15-18,20,31H,11-14,19H2,1-2H3,(H,32,33). The molecule has 1 aliphatic heterocycles. The molecule has 1 saturated heterocycles. The van der Waals surface area contributed by atoms with E-state index in [4.69, 9.17) is 9.72 Å². The Morgan fingerprint density at radius 2 is 1.73 bits per heavy atom. The smallest absolute Gasteiger partial charge is 0.410 e. The predicted molar refractivity (Wildman–Crippen MR) is 147 cm³/mol. The highest BCUT2D eigenvalue weighted by Crippen LogP contribution is 2.32. The van der Waals surface area contributed by atoms with Crippen LogP contribution in [0.4, 0.5) is 4.79 Å². The molecule has 7 heteroatoms. The van der Waals surface area contributed by atoms with Gasteiger partial charge in [-0.25, -0.2) is 9.78 Å². The zero-order valence-electron chi connectivity index (χ0n) is 21.2. The normalized spacial score (nSPS) is 14.6. The van der Waals surface area contributed by atoms with E-state index in [1.807, 2.05) is 32.4 Å². The maximum absolute atomic E-state index is 12.1. The molecule has 0 unspecified atom stereocenters. The molecule has 2 aromatic carbocycles. The first-order valence-corrected chi connectivity index (χ1v) is 12.9. The van der Waals surface area contributed by atoms with E-state index >= 15 is 0 Å². The number of rotatable bonds is 5. The molecule has 2 N–H and O–H groups in total. The van der Waals surface area contributed by atoms with Crippen LogP contribution in [0.1, 0.15) is 19.4 Å². The molecule has 37 heavy (non-hydrogen) atoms. The number of nitrogens with one attached hydrogen (secondary N) is 2. The lowest BCUT2D eigenvalue weighted by atomic mass is 10.0. The van der Waals surface area contributed by atoms with Gasteiger partial charge in [0.05, 0.1) is 6.10 Å². The molecule has 1 amide bonds. The number of H-pyrrole nitrogens is 2. The summed E-state index contributed by atoms with van der Waals surface area (Å²) in [5.41, 5.74) is 7.86. The van der Waals surface area contributed by atoms with Crippen molar-refractivity contribution in [3.05, 3.63) is 78.8 Å². The Hall–Kier alpha value is -4.10. The molecule has 7 nitrogen and oxygen atoms in total. The van der Waals surface area contributed by atoms with E-state index in [2.05, 4.69) is 69.5 Å². The van der Waals surface area contributed by atoms with E-state index in [0.717, 1.165) is 52.9 Å². The fraction of sp³-hybridized carbons (Fsp3) is 0.267. The molecule has 5 aromatic rings. The maximum Gasteiger partial charge on any atom is 0.410 e. The number of piperazine rings is 1. The lowest BCUT2D eigenvalue weighted by Gasteiger charge is -2.34. The third-order valence-corrected chi connectivity index (χ3v) is 7.06. The zero-order chi connectivity index (χ0) is 25.4. The number of pyridine rings is 1. The highest BCUT2D eigenvalue weighted by atomic mass is 16.6. The summed E-state index contributed by atoms with van der Waals surface area (Å²) in [5, 5.41) is 2.31. The van der Waals surface area contributed by atoms with Crippen molar-refractivity contribution in [3.63, 3.8) is 0 Å². The monoisotopic (exact) mass is 493 g/mol. The molecule has 1 aliphatic rings. The van der Waals surface area contributed by atoms with Crippen molar-refractivity contribution in [2.24, 2.45) is 0 Å². The summed E-state index contributed by atoms with van der Waals surface area (Å²) in [6, 6.07) is 19.5. The van der Waals surface area contributed by atoms with E-state index in [1.54, 1.807) is 4.90 Å². The summed E-state index contributed by atoms with van der Waals surface area (Å²) in [6.07, 6.45) is 5.65. The summed E-state index contributed by atoms with van der Waals surface area (Å²) >= 11 is 0. The number of hydrogen-bond donors (Lipinski definition) is 2. The fourth-order valence-corrected chi connectivity index (χ4v) is 5.05. The average Bonchev–Trinajstić information content (AvgIpc) is 3.55. The average molecular weight is 494 g/mol. The van der Waals surface area contributed by atoms with Crippen molar-refractivity contribution in [3.8, 4) is 22.3 Å². The summed E-state index contributed by atoms with van der Waals surface area (Å²) in [4.78, 5) is 27.6. The van der Waals surface area contributed by atoms with Crippen LogP contribution < -0.4 is 0 Å². The SMILES string of the molecule is CC(C)OC(=O)N1CCN(Cc2ccc(-c3cnc4[nH]cc(-c5ccc6[nH]ccc6c5)c4c3)cc2)CC1. The van der Waals surface area contributed by atoms with Crippen LogP contribution in [0.2, 0.25) is 0 Å². The number of hydrogen-bond acceptors (Lipinski definition) is 4. The summed E-state index contributed by atoms with van der Waals surface area (Å²) in [7, 11) is 0. The van der Waals surface area contributed by atoms with Gasteiger partial charge in [-0.1, -0.05) is 30.3 Å². The fourth-order valence-electron chi connectivity index (χ4n) is 5.05. The van der Waals surface area contributed by atoms with Gasteiger partial charge in [0.2, 0.25) is 0 Å². The second-order valence-corrected chi connectivity index (χ2v) is 9.99. The minimum Gasteiger partial charge on any atom is -0.447 e. The van der Waals surface area contributed by atoms with Gasteiger partial charge in [0.1, 0.15) is 5.65 Å². The van der Waals surface area contributed by atoms with Crippen molar-refractivity contribution < 1.29 is 9.53 Å². The van der Waals surface area contributed by atoms with Gasteiger partial charge < -0.3 is 19.6 Å². The van der Waals surface area contributed by atoms with E-state index < -0.39 is 0 Å². The van der Waals surface area contributed by atoms with Crippen LogP contribution in [0.15, 0.2) is 73.2 Å². The molecule has 0 spiro atoms. The lowest BCUT2D eigenvalue weighted by Crippen LogP contribution is -2.48. The van der Waals surface area contributed by atoms with Gasteiger partial charge in [-0.2, -0.15) is 0 Å². The third kappa shape index (κ3) is 4.82. The topological polar surface area (TPSA) is 77.2 Å². The molecule has 0 aliphatic carbocycles. The van der Waals surface area contributed by atoms with Gasteiger partial charge in [0.25, 0.3) is 0 Å². The van der Waals surface area contributed by atoms with Gasteiger partial charge >= 0.3 is 6.09 Å². The van der Waals surface area contributed by atoms with Gasteiger partial charge in [-0.3, -0.25) is 4.90 Å². The van der Waals surface area contributed by atoms with E-state index in [1.165, 1.54) is 16.5 Å². The second kappa shape index (κ2) is 9.75. The van der Waals surface area contributed by atoms with Crippen LogP contribution in [0, 0.1) is 0 Å². The highest BCUT2D eigenvalue weighted by Gasteiger charge is 2.22. The maximum atomic E-state index is 12.1. The molecule has 4 heterocycles. The Kier molecular flexibility index (Phi) is 6.14. The lowest BCUT2D eigenvalue weighted by molar-refractivity contribution is 0.0559. The first-order valence-electron chi connectivity index (χ1n) is 12.9. The van der Waals surface area contributed by atoms with Crippen LogP contribution in [0.5, 0.6) is 0 Å². The highest BCUT2D eigenvalue weighted by molar-refractivity contribution is 5.98. The summed E-state index contributed by atoms with van der Waals surface area (Å²) in [5.74, 6) is 0. The summed E-state index contributed by atoms with van der Waals surface area (Å²) in [6.45, 7) is 7.73. The van der Waals surface area contributed by atoms with E-state index in [0.29, 0.717) is 13.1 Å². The Labute approximate surface area is 216 Å². The number of fused-ring (bicyclic) bond motifs is 2. The Balaban J connectivity index is 1.15. The van der Waals surface area contributed by atoms with E-state index in [-0.39, 0.29) is 12.2 Å². The van der Waals surface area contributed by atoms with Gasteiger partial charge in [0, 0.05) is 73.3 Å². The van der Waals surface area contributed by atoms with Gasteiger partial charge in [0.15, 0.2) is 0 Å². The molecular formula is C30H31N5O2. The van der Waals surface area contributed by atoms with Crippen molar-refractivity contribution in [2.45, 2.75) is 26.5 Å². The largest absolute Gasteiger partial charge is 0.447 e. The van der Waals surface area contributed by atoms with Crippen LogP contribution in [-0.4, -0.2) is 63.1 Å². The Morgan fingerprint density at radius 1 is 0.946 bits per heavy atom. The summed E-state index contributed by atoms with van der Waals surface area (Å²) < 4.78 is 5.33. The number of benzene rings is 2. The predicted octanol–water partition coefficient (Wildman–Crippen LogP) is 6.04. The molecule has 3 aromatic heterocycles. The zero-order valence-corrected chi connectivity index (χ0v) is 21.2.